The van der Waals surface area contributed by atoms with Gasteiger partial charge in [0.05, 0.1) is 11.2 Å². The number of hydrogen-bond acceptors (Lipinski definition) is 5. The summed E-state index contributed by atoms with van der Waals surface area (Å²) in [5.74, 6) is 3.26. The fourth-order valence-electron chi connectivity index (χ4n) is 3.80. The maximum Gasteiger partial charge on any atom is 0.231 e. The van der Waals surface area contributed by atoms with Crippen molar-refractivity contribution in [1.29, 1.82) is 0 Å². The van der Waals surface area contributed by atoms with Crippen molar-refractivity contribution in [2.24, 2.45) is 0 Å². The summed E-state index contributed by atoms with van der Waals surface area (Å²) in [6.07, 6.45) is 1.68. The quantitative estimate of drug-likeness (QED) is 0.798. The van der Waals surface area contributed by atoms with Gasteiger partial charge >= 0.3 is 0 Å². The average Bonchev–Trinajstić information content (AvgIpc) is 3.00. The van der Waals surface area contributed by atoms with Crippen LogP contribution in [-0.2, 0) is 17.6 Å². The number of benzene rings is 2. The molecule has 0 amide bonds. The van der Waals surface area contributed by atoms with E-state index in [0.29, 0.717) is 13.6 Å². The number of rotatable bonds is 4. The topological polar surface area (TPSA) is 49.5 Å². The molecule has 5 nitrogen and oxygen atoms in total. The third kappa shape index (κ3) is 2.42. The van der Waals surface area contributed by atoms with Crippen LogP contribution < -0.4 is 18.9 Å². The Hall–Kier alpha value is -2.40. The van der Waals surface area contributed by atoms with Gasteiger partial charge < -0.3 is 23.7 Å². The molecule has 0 bridgehead atoms. The zero-order valence-corrected chi connectivity index (χ0v) is 14.3. The van der Waals surface area contributed by atoms with Gasteiger partial charge in [-0.3, -0.25) is 0 Å². The van der Waals surface area contributed by atoms with E-state index in [-0.39, 0.29) is 11.2 Å². The highest BCUT2D eigenvalue weighted by molar-refractivity contribution is 5.47. The Balaban J connectivity index is 1.32. The lowest BCUT2D eigenvalue weighted by Crippen LogP contribution is -2.24. The summed E-state index contributed by atoms with van der Waals surface area (Å²) in [5.41, 5.74) is 2.00. The van der Waals surface area contributed by atoms with Gasteiger partial charge in [0.15, 0.2) is 23.0 Å². The van der Waals surface area contributed by atoms with Gasteiger partial charge in [-0.1, -0.05) is 12.1 Å². The fourth-order valence-corrected chi connectivity index (χ4v) is 3.80. The van der Waals surface area contributed by atoms with Gasteiger partial charge in [-0.05, 0) is 49.2 Å². The number of ether oxygens (including phenoxy) is 5. The molecular weight excluding hydrogens is 320 g/mol. The summed E-state index contributed by atoms with van der Waals surface area (Å²) in [6, 6.07) is 12.2. The van der Waals surface area contributed by atoms with Gasteiger partial charge in [-0.25, -0.2) is 0 Å². The molecule has 2 atom stereocenters. The standard InChI is InChI=1S/C20H20O5/c1-19(9-13-3-5-15-17(7-13)23-11-21-15)20(2,25-19)10-14-4-6-16-18(8-14)24-12-22-16/h3-8H,9-12H2,1-2H3. The molecule has 1 fully saturated rings. The van der Waals surface area contributed by atoms with Crippen molar-refractivity contribution >= 4 is 0 Å². The largest absolute Gasteiger partial charge is 0.454 e. The minimum Gasteiger partial charge on any atom is -0.454 e. The molecule has 25 heavy (non-hydrogen) atoms. The Morgan fingerprint density at radius 2 is 1.12 bits per heavy atom. The second-order valence-corrected chi connectivity index (χ2v) is 7.29. The SMILES string of the molecule is CC1(Cc2ccc3c(c2)OCO3)OC1(C)Cc1ccc2c(c1)OCO2. The summed E-state index contributed by atoms with van der Waals surface area (Å²) in [6.45, 7) is 4.94. The molecule has 1 saturated heterocycles. The van der Waals surface area contributed by atoms with Crippen LogP contribution >= 0.6 is 0 Å². The first-order chi connectivity index (χ1) is 12.0. The highest BCUT2D eigenvalue weighted by Crippen LogP contribution is 2.52. The van der Waals surface area contributed by atoms with Crippen LogP contribution in [0.3, 0.4) is 0 Å². The van der Waals surface area contributed by atoms with Crippen LogP contribution in [0.25, 0.3) is 0 Å². The lowest BCUT2D eigenvalue weighted by atomic mass is 9.85. The third-order valence-corrected chi connectivity index (χ3v) is 5.48. The minimum atomic E-state index is -0.197. The Kier molecular flexibility index (Phi) is 3.01. The van der Waals surface area contributed by atoms with E-state index >= 15 is 0 Å². The molecule has 0 N–H and O–H groups in total. The Morgan fingerprint density at radius 1 is 0.680 bits per heavy atom. The van der Waals surface area contributed by atoms with Crippen molar-refractivity contribution in [1.82, 2.24) is 0 Å². The first-order valence-corrected chi connectivity index (χ1v) is 8.52. The van der Waals surface area contributed by atoms with E-state index in [1.807, 2.05) is 12.1 Å². The van der Waals surface area contributed by atoms with E-state index in [1.54, 1.807) is 0 Å². The van der Waals surface area contributed by atoms with Crippen LogP contribution in [0.1, 0.15) is 25.0 Å². The van der Waals surface area contributed by atoms with Crippen molar-refractivity contribution in [2.75, 3.05) is 13.6 Å². The van der Waals surface area contributed by atoms with Gasteiger partial charge in [0.25, 0.3) is 0 Å². The van der Waals surface area contributed by atoms with E-state index in [2.05, 4.69) is 38.1 Å². The smallest absolute Gasteiger partial charge is 0.231 e. The highest BCUT2D eigenvalue weighted by Gasteiger charge is 2.62. The molecule has 5 rings (SSSR count). The van der Waals surface area contributed by atoms with Crippen molar-refractivity contribution < 1.29 is 23.7 Å². The lowest BCUT2D eigenvalue weighted by Gasteiger charge is -2.14. The van der Waals surface area contributed by atoms with E-state index in [1.165, 1.54) is 11.1 Å². The molecule has 130 valence electrons. The Labute approximate surface area is 146 Å². The molecule has 5 heteroatoms. The summed E-state index contributed by atoms with van der Waals surface area (Å²) in [4.78, 5) is 0. The van der Waals surface area contributed by atoms with E-state index in [0.717, 1.165) is 35.8 Å². The summed E-state index contributed by atoms with van der Waals surface area (Å²) < 4.78 is 27.9. The lowest BCUT2D eigenvalue weighted by molar-refractivity contribution is 0.173. The first kappa shape index (κ1) is 14.9. The summed E-state index contributed by atoms with van der Waals surface area (Å²) in [7, 11) is 0. The molecule has 3 aliphatic rings. The highest BCUT2D eigenvalue weighted by atomic mass is 16.7. The fraction of sp³-hybridized carbons (Fsp3) is 0.400. The molecule has 0 aromatic heterocycles. The van der Waals surface area contributed by atoms with Gasteiger partial charge in [0.1, 0.15) is 0 Å². The Bertz CT molecular complexity index is 778. The van der Waals surface area contributed by atoms with Gasteiger partial charge in [0.2, 0.25) is 13.6 Å². The van der Waals surface area contributed by atoms with Crippen LogP contribution in [0.4, 0.5) is 0 Å². The second-order valence-electron chi connectivity index (χ2n) is 7.29. The van der Waals surface area contributed by atoms with Crippen LogP contribution in [0.2, 0.25) is 0 Å². The summed E-state index contributed by atoms with van der Waals surface area (Å²) >= 11 is 0. The molecule has 2 aromatic rings. The zero-order chi connectivity index (χ0) is 17.1. The number of hydrogen-bond donors (Lipinski definition) is 0. The van der Waals surface area contributed by atoms with Crippen molar-refractivity contribution in [2.45, 2.75) is 37.9 Å². The molecule has 0 saturated carbocycles. The normalized spacial score (nSPS) is 28.2. The van der Waals surface area contributed by atoms with E-state index < -0.39 is 0 Å². The van der Waals surface area contributed by atoms with Crippen LogP contribution in [-0.4, -0.2) is 24.8 Å². The second kappa shape index (κ2) is 5.05. The molecule has 0 spiro atoms. The first-order valence-electron chi connectivity index (χ1n) is 8.52. The van der Waals surface area contributed by atoms with Crippen LogP contribution in [0.15, 0.2) is 36.4 Å². The van der Waals surface area contributed by atoms with Gasteiger partial charge in [-0.2, -0.15) is 0 Å². The van der Waals surface area contributed by atoms with Crippen LogP contribution in [0, 0.1) is 0 Å². The molecule has 3 heterocycles. The maximum atomic E-state index is 6.19. The van der Waals surface area contributed by atoms with Crippen molar-refractivity contribution in [3.8, 4) is 23.0 Å². The van der Waals surface area contributed by atoms with E-state index in [4.69, 9.17) is 23.7 Å². The average molecular weight is 340 g/mol. The van der Waals surface area contributed by atoms with Gasteiger partial charge in [0, 0.05) is 12.8 Å². The minimum absolute atomic E-state index is 0.197. The third-order valence-electron chi connectivity index (χ3n) is 5.48. The molecular formula is C20H20O5. The number of fused-ring (bicyclic) bond motifs is 2. The molecule has 3 aliphatic heterocycles. The van der Waals surface area contributed by atoms with Crippen molar-refractivity contribution in [3.63, 3.8) is 0 Å². The molecule has 0 radical (unpaired) electrons. The monoisotopic (exact) mass is 340 g/mol. The molecule has 2 aromatic carbocycles. The maximum absolute atomic E-state index is 6.19. The predicted molar refractivity (Wildman–Crippen MR) is 90.4 cm³/mol. The van der Waals surface area contributed by atoms with Crippen LogP contribution in [0.5, 0.6) is 23.0 Å². The molecule has 0 aliphatic carbocycles. The van der Waals surface area contributed by atoms with Crippen molar-refractivity contribution in [3.05, 3.63) is 47.5 Å². The summed E-state index contributed by atoms with van der Waals surface area (Å²) in [5, 5.41) is 0. The Morgan fingerprint density at radius 3 is 1.60 bits per heavy atom. The predicted octanol–water partition coefficient (Wildman–Crippen LogP) is 3.48. The van der Waals surface area contributed by atoms with Gasteiger partial charge in [-0.15, -0.1) is 0 Å². The zero-order valence-electron chi connectivity index (χ0n) is 14.3. The van der Waals surface area contributed by atoms with E-state index in [9.17, 15) is 0 Å². The number of epoxide rings is 1. The molecule has 2 unspecified atom stereocenters.